The molecule has 0 unspecified atom stereocenters. The number of allylic oxidation sites excluding steroid dienone is 1. The maximum atomic E-state index is 13.2. The van der Waals surface area contributed by atoms with E-state index in [0.29, 0.717) is 33.6 Å². The van der Waals surface area contributed by atoms with Crippen LogP contribution in [-0.2, 0) is 4.79 Å². The van der Waals surface area contributed by atoms with Gasteiger partial charge in [0.25, 0.3) is 5.91 Å². The summed E-state index contributed by atoms with van der Waals surface area (Å²) in [6.07, 6.45) is 0. The number of hydrogen-bond donors (Lipinski definition) is 3. The Hall–Kier alpha value is -2.58. The summed E-state index contributed by atoms with van der Waals surface area (Å²) in [5.74, 6) is 0.890. The fourth-order valence-electron chi connectivity index (χ4n) is 3.03. The number of hydrogen-bond acceptors (Lipinski definition) is 4. The second kappa shape index (κ2) is 8.62. The molecule has 0 aromatic heterocycles. The van der Waals surface area contributed by atoms with Gasteiger partial charge in [0.2, 0.25) is 0 Å². The van der Waals surface area contributed by atoms with E-state index in [2.05, 4.69) is 31.9 Å². The number of nitrogens with one attached hydrogen (secondary N) is 3. The molecule has 1 amide bonds. The molecule has 1 heterocycles. The normalized spacial score (nSPS) is 16.1. The number of amides is 1. The van der Waals surface area contributed by atoms with Crippen molar-refractivity contribution in [1.82, 2.24) is 10.6 Å². The quantitative estimate of drug-likeness (QED) is 0.586. The minimum atomic E-state index is -0.386. The summed E-state index contributed by atoms with van der Waals surface area (Å²) in [5.41, 5.74) is 2.67. The van der Waals surface area contributed by atoms with Crippen LogP contribution in [0.5, 0.6) is 11.5 Å². The Labute approximate surface area is 177 Å². The van der Waals surface area contributed by atoms with Gasteiger partial charge in [0.1, 0.15) is 11.5 Å². The molecule has 0 radical (unpaired) electrons. The lowest BCUT2D eigenvalue weighted by Gasteiger charge is -2.30. The number of thiocarbonyl (C=S) groups is 1. The molecular weight excluding hydrogens is 442 g/mol. The lowest BCUT2D eigenvalue weighted by molar-refractivity contribution is -0.113. The Morgan fingerprint density at radius 3 is 2.64 bits per heavy atom. The smallest absolute Gasteiger partial charge is 0.255 e. The monoisotopic (exact) mass is 461 g/mol. The Morgan fingerprint density at radius 2 is 1.96 bits per heavy atom. The predicted octanol–water partition coefficient (Wildman–Crippen LogP) is 3.90. The molecule has 1 atom stereocenters. The predicted molar refractivity (Wildman–Crippen MR) is 117 cm³/mol. The van der Waals surface area contributed by atoms with E-state index in [0.717, 1.165) is 10.0 Å². The van der Waals surface area contributed by atoms with Crippen LogP contribution in [0.1, 0.15) is 18.5 Å². The molecule has 0 spiro atoms. The van der Waals surface area contributed by atoms with Crippen LogP contribution in [0.4, 0.5) is 5.69 Å². The van der Waals surface area contributed by atoms with Gasteiger partial charge >= 0.3 is 0 Å². The zero-order valence-corrected chi connectivity index (χ0v) is 18.0. The van der Waals surface area contributed by atoms with Gasteiger partial charge in [-0.2, -0.15) is 0 Å². The van der Waals surface area contributed by atoms with Crippen molar-refractivity contribution in [1.29, 1.82) is 0 Å². The second-order valence-corrected chi connectivity index (χ2v) is 7.47. The molecule has 8 heteroatoms. The number of carbonyl (C=O) groups is 1. The van der Waals surface area contributed by atoms with Gasteiger partial charge in [-0.05, 0) is 49.0 Å². The van der Waals surface area contributed by atoms with E-state index in [-0.39, 0.29) is 11.9 Å². The minimum Gasteiger partial charge on any atom is -0.497 e. The third-order valence-electron chi connectivity index (χ3n) is 4.35. The van der Waals surface area contributed by atoms with Crippen LogP contribution < -0.4 is 25.4 Å². The zero-order valence-electron chi connectivity index (χ0n) is 15.6. The summed E-state index contributed by atoms with van der Waals surface area (Å²) in [7, 11) is 3.12. The number of halogens is 1. The lowest BCUT2D eigenvalue weighted by Crippen LogP contribution is -2.45. The van der Waals surface area contributed by atoms with Gasteiger partial charge in [-0.3, -0.25) is 4.79 Å². The van der Waals surface area contributed by atoms with Crippen LogP contribution in [0.25, 0.3) is 0 Å². The number of rotatable bonds is 5. The molecule has 0 fully saturated rings. The average molecular weight is 462 g/mol. The van der Waals surface area contributed by atoms with Crippen molar-refractivity contribution < 1.29 is 14.3 Å². The number of ether oxygens (including phenoxy) is 2. The Morgan fingerprint density at radius 1 is 1.18 bits per heavy atom. The van der Waals surface area contributed by atoms with E-state index >= 15 is 0 Å². The van der Waals surface area contributed by atoms with Gasteiger partial charge in [0.05, 0.1) is 31.5 Å². The van der Waals surface area contributed by atoms with Crippen LogP contribution >= 0.6 is 28.1 Å². The van der Waals surface area contributed by atoms with Crippen LogP contribution in [0.3, 0.4) is 0 Å². The molecule has 6 nitrogen and oxygen atoms in total. The van der Waals surface area contributed by atoms with Crippen molar-refractivity contribution in [2.75, 3.05) is 19.5 Å². The molecule has 3 rings (SSSR count). The van der Waals surface area contributed by atoms with E-state index < -0.39 is 0 Å². The van der Waals surface area contributed by atoms with Gasteiger partial charge in [-0.1, -0.05) is 28.1 Å². The first kappa shape index (κ1) is 20.2. The summed E-state index contributed by atoms with van der Waals surface area (Å²) in [6, 6.07) is 12.6. The Bertz CT molecular complexity index is 961. The number of anilines is 1. The molecule has 28 heavy (non-hydrogen) atoms. The molecule has 146 valence electrons. The summed E-state index contributed by atoms with van der Waals surface area (Å²) in [6.45, 7) is 1.83. The molecule has 0 bridgehead atoms. The topological polar surface area (TPSA) is 71.6 Å². The Kier molecular flexibility index (Phi) is 6.21. The van der Waals surface area contributed by atoms with Crippen molar-refractivity contribution in [3.05, 3.63) is 63.8 Å². The maximum absolute atomic E-state index is 13.2. The molecule has 3 N–H and O–H groups in total. The molecule has 0 saturated carbocycles. The molecule has 2 aromatic rings. The molecule has 0 saturated heterocycles. The largest absolute Gasteiger partial charge is 0.497 e. The highest BCUT2D eigenvalue weighted by Gasteiger charge is 2.30. The minimum absolute atomic E-state index is 0.267. The van der Waals surface area contributed by atoms with Crippen molar-refractivity contribution in [2.45, 2.75) is 13.0 Å². The van der Waals surface area contributed by atoms with Crippen molar-refractivity contribution in [2.24, 2.45) is 0 Å². The average Bonchev–Trinajstić information content (AvgIpc) is 2.67. The SMILES string of the molecule is COc1ccc(OC)c(NC(=O)C2=C(C)NC(=S)N[C@@H]2c2cccc(Br)c2)c1. The first-order chi connectivity index (χ1) is 13.4. The van der Waals surface area contributed by atoms with Gasteiger partial charge in [-0.25, -0.2) is 0 Å². The van der Waals surface area contributed by atoms with Crippen LogP contribution in [0.2, 0.25) is 0 Å². The molecule has 2 aromatic carbocycles. The highest BCUT2D eigenvalue weighted by molar-refractivity contribution is 9.10. The third kappa shape index (κ3) is 4.28. The lowest BCUT2D eigenvalue weighted by atomic mass is 9.95. The van der Waals surface area contributed by atoms with E-state index in [1.54, 1.807) is 32.4 Å². The van der Waals surface area contributed by atoms with Crippen molar-refractivity contribution in [3.63, 3.8) is 0 Å². The van der Waals surface area contributed by atoms with Crippen molar-refractivity contribution in [3.8, 4) is 11.5 Å². The van der Waals surface area contributed by atoms with Gasteiger partial charge in [-0.15, -0.1) is 0 Å². The van der Waals surface area contributed by atoms with E-state index in [9.17, 15) is 4.79 Å². The maximum Gasteiger partial charge on any atom is 0.255 e. The van der Waals surface area contributed by atoms with E-state index in [4.69, 9.17) is 21.7 Å². The van der Waals surface area contributed by atoms with E-state index in [1.807, 2.05) is 31.2 Å². The van der Waals surface area contributed by atoms with Crippen molar-refractivity contribution >= 4 is 44.9 Å². The first-order valence-electron chi connectivity index (χ1n) is 8.50. The molecule has 1 aliphatic heterocycles. The summed E-state index contributed by atoms with van der Waals surface area (Å²) in [4.78, 5) is 13.2. The molecular formula is C20H20BrN3O3S. The highest BCUT2D eigenvalue weighted by atomic mass is 79.9. The molecule has 1 aliphatic rings. The van der Waals surface area contributed by atoms with Gasteiger partial charge in [0.15, 0.2) is 5.11 Å². The number of benzene rings is 2. The third-order valence-corrected chi connectivity index (χ3v) is 5.06. The summed E-state index contributed by atoms with van der Waals surface area (Å²) < 4.78 is 11.5. The first-order valence-corrected chi connectivity index (χ1v) is 9.70. The van der Waals surface area contributed by atoms with Gasteiger partial charge in [0, 0.05) is 16.2 Å². The van der Waals surface area contributed by atoms with Gasteiger partial charge < -0.3 is 25.4 Å². The standard InChI is InChI=1S/C20H20BrN3O3S/c1-11-17(18(24-20(28)22-11)12-5-4-6-13(21)9-12)19(25)23-15-10-14(26-2)7-8-16(15)27-3/h4-10,18H,1-3H3,(H,23,25)(H2,22,24,28)/t18-/m1/s1. The highest BCUT2D eigenvalue weighted by Crippen LogP contribution is 2.32. The molecule has 0 aliphatic carbocycles. The Balaban J connectivity index is 1.98. The number of methoxy groups -OCH3 is 2. The van der Waals surface area contributed by atoms with Crippen LogP contribution in [0.15, 0.2) is 58.2 Å². The summed E-state index contributed by atoms with van der Waals surface area (Å²) >= 11 is 8.78. The van der Waals surface area contributed by atoms with E-state index in [1.165, 1.54) is 0 Å². The zero-order chi connectivity index (χ0) is 20.3. The fourth-order valence-corrected chi connectivity index (χ4v) is 3.72. The fraction of sp³-hybridized carbons (Fsp3) is 0.200. The summed E-state index contributed by atoms with van der Waals surface area (Å²) in [5, 5.41) is 9.62. The second-order valence-electron chi connectivity index (χ2n) is 6.15. The van der Waals surface area contributed by atoms with Crippen LogP contribution in [-0.4, -0.2) is 25.2 Å². The number of carbonyl (C=O) groups excluding carboxylic acids is 1. The van der Waals surface area contributed by atoms with Crippen LogP contribution in [0, 0.1) is 0 Å².